The number of anilines is 1. The number of hydrogen-bond acceptors (Lipinski definition) is 4. The van der Waals surface area contributed by atoms with Crippen LogP contribution >= 0.6 is 0 Å². The highest BCUT2D eigenvalue weighted by Gasteiger charge is 2.38. The van der Waals surface area contributed by atoms with E-state index in [1.807, 2.05) is 12.1 Å². The highest BCUT2D eigenvalue weighted by molar-refractivity contribution is 7.91. The number of benzene rings is 1. The first-order chi connectivity index (χ1) is 10.6. The smallest absolute Gasteiger partial charge is 0.180 e. The monoisotopic (exact) mass is 323 g/mol. The highest BCUT2D eigenvalue weighted by Crippen LogP contribution is 2.39. The molecule has 0 aromatic heterocycles. The Morgan fingerprint density at radius 3 is 2.64 bits per heavy atom. The second-order valence-electron chi connectivity index (χ2n) is 6.31. The fraction of sp³-hybridized carbons (Fsp3) is 0.647. The van der Waals surface area contributed by atoms with Crippen molar-refractivity contribution >= 4 is 15.5 Å². The number of sulfone groups is 1. The van der Waals surface area contributed by atoms with Gasteiger partial charge < -0.3 is 10.1 Å². The molecule has 2 unspecified atom stereocenters. The van der Waals surface area contributed by atoms with Gasteiger partial charge in [-0.1, -0.05) is 19.1 Å². The van der Waals surface area contributed by atoms with Crippen molar-refractivity contribution in [2.24, 2.45) is 5.92 Å². The van der Waals surface area contributed by atoms with Gasteiger partial charge in [0.05, 0.1) is 28.5 Å². The molecule has 0 radical (unpaired) electrons. The summed E-state index contributed by atoms with van der Waals surface area (Å²) in [5.74, 6) is 0.736. The van der Waals surface area contributed by atoms with Crippen LogP contribution in [0.2, 0.25) is 0 Å². The Labute approximate surface area is 133 Å². The maximum absolute atomic E-state index is 12.3. The molecule has 2 aliphatic rings. The second kappa shape index (κ2) is 6.59. The van der Waals surface area contributed by atoms with Crippen LogP contribution in [0.15, 0.2) is 29.2 Å². The molecule has 22 heavy (non-hydrogen) atoms. The van der Waals surface area contributed by atoms with Crippen LogP contribution in [0.5, 0.6) is 0 Å². The Morgan fingerprint density at radius 1 is 1.23 bits per heavy atom. The molecule has 1 aromatic rings. The van der Waals surface area contributed by atoms with Crippen molar-refractivity contribution in [1.29, 1.82) is 0 Å². The van der Waals surface area contributed by atoms with Crippen LogP contribution < -0.4 is 5.32 Å². The van der Waals surface area contributed by atoms with Crippen molar-refractivity contribution in [3.8, 4) is 0 Å². The summed E-state index contributed by atoms with van der Waals surface area (Å²) in [7, 11) is -3.21. The molecule has 1 aliphatic carbocycles. The van der Waals surface area contributed by atoms with E-state index in [4.69, 9.17) is 4.74 Å². The third kappa shape index (κ3) is 3.46. The molecule has 3 rings (SSSR count). The molecular weight excluding hydrogens is 298 g/mol. The van der Waals surface area contributed by atoms with Gasteiger partial charge in [0.1, 0.15) is 0 Å². The van der Waals surface area contributed by atoms with E-state index in [1.54, 1.807) is 19.1 Å². The van der Waals surface area contributed by atoms with Crippen LogP contribution in [-0.2, 0) is 14.6 Å². The van der Waals surface area contributed by atoms with Gasteiger partial charge in [0.25, 0.3) is 0 Å². The molecule has 2 fully saturated rings. The van der Waals surface area contributed by atoms with Crippen molar-refractivity contribution in [1.82, 2.24) is 0 Å². The largest absolute Gasteiger partial charge is 0.378 e. The summed E-state index contributed by atoms with van der Waals surface area (Å²) in [5, 5.41) is 3.52. The van der Waals surface area contributed by atoms with Gasteiger partial charge in [-0.05, 0) is 50.2 Å². The molecule has 4 nitrogen and oxygen atoms in total. The maximum Gasteiger partial charge on any atom is 0.180 e. The lowest BCUT2D eigenvalue weighted by Gasteiger charge is -2.32. The molecule has 1 saturated carbocycles. The Morgan fingerprint density at radius 2 is 2.00 bits per heavy atom. The Hall–Kier alpha value is -1.07. The summed E-state index contributed by atoms with van der Waals surface area (Å²) < 4.78 is 30.5. The van der Waals surface area contributed by atoms with E-state index < -0.39 is 9.84 Å². The number of para-hydroxylation sites is 1. The van der Waals surface area contributed by atoms with E-state index in [0.717, 1.165) is 25.1 Å². The van der Waals surface area contributed by atoms with Crippen LogP contribution in [0.1, 0.15) is 39.0 Å². The van der Waals surface area contributed by atoms with Gasteiger partial charge in [0.2, 0.25) is 0 Å². The molecule has 5 heteroatoms. The molecular formula is C17H25NO3S. The van der Waals surface area contributed by atoms with Crippen LogP contribution in [0.4, 0.5) is 5.69 Å². The molecule has 1 N–H and O–H groups in total. The standard InChI is InChI=1S/C17H25NO3S/c1-2-22(19,20)16-9-4-3-7-14(16)18-17(13-10-11-13)15-8-5-6-12-21-15/h3-4,7,9,13,15,17-18H,2,5-6,8,10-12H2,1H3. The molecule has 0 bridgehead atoms. The lowest BCUT2D eigenvalue weighted by molar-refractivity contribution is 0.000649. The fourth-order valence-corrected chi connectivity index (χ4v) is 4.27. The third-order valence-corrected chi connectivity index (χ3v) is 6.46. The van der Waals surface area contributed by atoms with Crippen molar-refractivity contribution in [3.63, 3.8) is 0 Å². The normalized spacial score (nSPS) is 24.0. The first-order valence-electron chi connectivity index (χ1n) is 8.32. The van der Waals surface area contributed by atoms with Crippen molar-refractivity contribution < 1.29 is 13.2 Å². The minimum atomic E-state index is -3.21. The molecule has 2 atom stereocenters. The summed E-state index contributed by atoms with van der Waals surface area (Å²) in [6.07, 6.45) is 6.02. The molecule has 122 valence electrons. The third-order valence-electron chi connectivity index (χ3n) is 4.67. The zero-order chi connectivity index (χ0) is 15.6. The van der Waals surface area contributed by atoms with Gasteiger partial charge in [-0.2, -0.15) is 0 Å². The van der Waals surface area contributed by atoms with Crippen LogP contribution in [0.3, 0.4) is 0 Å². The highest BCUT2D eigenvalue weighted by atomic mass is 32.2. The van der Waals surface area contributed by atoms with Crippen LogP contribution in [0.25, 0.3) is 0 Å². The van der Waals surface area contributed by atoms with E-state index in [9.17, 15) is 8.42 Å². The van der Waals surface area contributed by atoms with Gasteiger partial charge in [-0.25, -0.2) is 8.42 Å². The summed E-state index contributed by atoms with van der Waals surface area (Å²) >= 11 is 0. The van der Waals surface area contributed by atoms with E-state index in [2.05, 4.69) is 5.32 Å². The number of rotatable bonds is 6. The number of hydrogen-bond donors (Lipinski definition) is 1. The van der Waals surface area contributed by atoms with E-state index in [-0.39, 0.29) is 17.9 Å². The van der Waals surface area contributed by atoms with Crippen molar-refractivity contribution in [2.45, 2.75) is 56.1 Å². The van der Waals surface area contributed by atoms with Gasteiger partial charge >= 0.3 is 0 Å². The summed E-state index contributed by atoms with van der Waals surface area (Å²) in [6, 6.07) is 7.49. The van der Waals surface area contributed by atoms with Crippen molar-refractivity contribution in [2.75, 3.05) is 17.7 Å². The lowest BCUT2D eigenvalue weighted by Crippen LogP contribution is -2.40. The Kier molecular flexibility index (Phi) is 4.73. The molecule has 1 aliphatic heterocycles. The predicted octanol–water partition coefficient (Wildman–Crippen LogP) is 3.24. The first kappa shape index (κ1) is 15.8. The Balaban J connectivity index is 1.84. The van der Waals surface area contributed by atoms with Gasteiger partial charge in [0.15, 0.2) is 9.84 Å². The predicted molar refractivity (Wildman–Crippen MR) is 87.9 cm³/mol. The zero-order valence-corrected chi connectivity index (χ0v) is 13.9. The van der Waals surface area contributed by atoms with Crippen LogP contribution in [0, 0.1) is 5.92 Å². The average molecular weight is 323 g/mol. The molecule has 0 spiro atoms. The summed E-state index contributed by atoms with van der Waals surface area (Å²) in [5.41, 5.74) is 0.732. The maximum atomic E-state index is 12.3. The lowest BCUT2D eigenvalue weighted by atomic mass is 9.98. The minimum Gasteiger partial charge on any atom is -0.378 e. The first-order valence-corrected chi connectivity index (χ1v) is 9.97. The van der Waals surface area contributed by atoms with Gasteiger partial charge in [0, 0.05) is 6.61 Å². The summed E-state index contributed by atoms with van der Waals surface area (Å²) in [6.45, 7) is 2.51. The van der Waals surface area contributed by atoms with Crippen LogP contribution in [-0.4, -0.2) is 32.9 Å². The summed E-state index contributed by atoms with van der Waals surface area (Å²) in [4.78, 5) is 0.416. The fourth-order valence-electron chi connectivity index (χ4n) is 3.21. The van der Waals surface area contributed by atoms with Crippen molar-refractivity contribution in [3.05, 3.63) is 24.3 Å². The second-order valence-corrected chi connectivity index (χ2v) is 8.56. The minimum absolute atomic E-state index is 0.125. The van der Waals surface area contributed by atoms with Gasteiger partial charge in [-0.3, -0.25) is 0 Å². The Bertz CT molecular complexity index is 604. The molecule has 0 amide bonds. The van der Waals surface area contributed by atoms with E-state index in [1.165, 1.54) is 19.3 Å². The molecule has 1 heterocycles. The average Bonchev–Trinajstić information content (AvgIpc) is 3.38. The SMILES string of the molecule is CCS(=O)(=O)c1ccccc1NC(C1CC1)C1CCCCO1. The number of nitrogens with one attached hydrogen (secondary N) is 1. The van der Waals surface area contributed by atoms with E-state index >= 15 is 0 Å². The van der Waals surface area contributed by atoms with Gasteiger partial charge in [-0.15, -0.1) is 0 Å². The topological polar surface area (TPSA) is 55.4 Å². The molecule has 1 aromatic carbocycles. The number of ether oxygens (including phenoxy) is 1. The zero-order valence-electron chi connectivity index (χ0n) is 13.1. The van der Waals surface area contributed by atoms with E-state index in [0.29, 0.717) is 10.8 Å². The quantitative estimate of drug-likeness (QED) is 0.873. The molecule has 1 saturated heterocycles.